The molecule has 2 N–H and O–H groups in total. The average molecular weight is 514 g/mol. The third-order valence-corrected chi connectivity index (χ3v) is 6.31. The topological polar surface area (TPSA) is 98.3 Å². The number of ether oxygens (including phenoxy) is 2. The highest BCUT2D eigenvalue weighted by Gasteiger charge is 2.19. The largest absolute Gasteiger partial charge is 0.473 e. The number of carbonyl (C=O) groups excluding carboxylic acids is 1. The van der Waals surface area contributed by atoms with Crippen molar-refractivity contribution in [2.24, 2.45) is 0 Å². The number of thioether (sulfide) groups is 1. The van der Waals surface area contributed by atoms with Crippen molar-refractivity contribution < 1.29 is 18.7 Å². The van der Waals surface area contributed by atoms with Crippen molar-refractivity contribution in [2.75, 3.05) is 19.0 Å². The van der Waals surface area contributed by atoms with E-state index in [1.165, 1.54) is 36.3 Å². The first kappa shape index (κ1) is 25.3. The van der Waals surface area contributed by atoms with Crippen LogP contribution in [-0.2, 0) is 10.5 Å². The van der Waals surface area contributed by atoms with E-state index in [9.17, 15) is 9.18 Å². The van der Waals surface area contributed by atoms with Gasteiger partial charge in [-0.15, -0.1) is 0 Å². The van der Waals surface area contributed by atoms with Crippen LogP contribution in [0.1, 0.15) is 33.3 Å². The number of methoxy groups -OCH3 is 1. The number of nitrogens with one attached hydrogen (secondary N) is 2. The number of nitrogens with zero attached hydrogens (tertiary/aromatic N) is 3. The second-order valence-electron chi connectivity index (χ2n) is 8.12. The third kappa shape index (κ3) is 7.05. The summed E-state index contributed by atoms with van der Waals surface area (Å²) in [5.41, 5.74) is 0.347. The van der Waals surface area contributed by atoms with Gasteiger partial charge in [0.25, 0.3) is 5.19 Å². The van der Waals surface area contributed by atoms with Gasteiger partial charge in [0.2, 0.25) is 0 Å². The lowest BCUT2D eigenvalue weighted by Gasteiger charge is -2.21. The molecule has 0 saturated carbocycles. The Hall–Kier alpha value is -2.37. The maximum atomic E-state index is 14.2. The van der Waals surface area contributed by atoms with Crippen molar-refractivity contribution >= 4 is 57.0 Å². The van der Waals surface area contributed by atoms with E-state index in [1.54, 1.807) is 32.9 Å². The SMILES string of the molecule is COc1nc2nc(SCc3cccc(Cl)c3F)nc(N[C@H](C)CNC(=O)OC(C)(C)C)c2s1. The molecule has 1 aromatic carbocycles. The van der Waals surface area contributed by atoms with Crippen molar-refractivity contribution in [3.63, 3.8) is 0 Å². The van der Waals surface area contributed by atoms with E-state index in [2.05, 4.69) is 25.6 Å². The van der Waals surface area contributed by atoms with Crippen molar-refractivity contribution in [3.8, 4) is 5.19 Å². The van der Waals surface area contributed by atoms with Crippen molar-refractivity contribution in [2.45, 2.75) is 50.2 Å². The number of halogens is 2. The first-order chi connectivity index (χ1) is 15.6. The summed E-state index contributed by atoms with van der Waals surface area (Å²) in [7, 11) is 1.53. The molecule has 0 aliphatic rings. The summed E-state index contributed by atoms with van der Waals surface area (Å²) >= 11 is 8.45. The van der Waals surface area contributed by atoms with Gasteiger partial charge in [0.05, 0.1) is 12.1 Å². The number of alkyl carbamates (subject to hydrolysis) is 1. The molecule has 8 nitrogen and oxygen atoms in total. The van der Waals surface area contributed by atoms with Crippen LogP contribution in [0.15, 0.2) is 23.4 Å². The molecule has 3 aromatic rings. The van der Waals surface area contributed by atoms with Crippen LogP contribution in [0, 0.1) is 5.82 Å². The molecule has 0 aliphatic carbocycles. The molecular weight excluding hydrogens is 489 g/mol. The molecule has 12 heteroatoms. The van der Waals surface area contributed by atoms with Crippen LogP contribution in [0.5, 0.6) is 5.19 Å². The van der Waals surface area contributed by atoms with E-state index >= 15 is 0 Å². The van der Waals surface area contributed by atoms with E-state index in [1.807, 2.05) is 6.92 Å². The standard InChI is InChI=1S/C21H25ClFN5O3S2/c1-11(9-24-19(29)31-21(2,3)4)25-16-15-17(28-20(30-5)33-15)27-18(26-16)32-10-12-7-6-8-13(22)14(12)23/h6-8,11H,9-10H2,1-5H3,(H,24,29)(H,25,26,27)/t11-/m1/s1. The van der Waals surface area contributed by atoms with Crippen LogP contribution in [0.2, 0.25) is 5.02 Å². The summed E-state index contributed by atoms with van der Waals surface area (Å²) in [5.74, 6) is 0.394. The van der Waals surface area contributed by atoms with Gasteiger partial charge in [-0.25, -0.2) is 19.2 Å². The number of fused-ring (bicyclic) bond motifs is 1. The highest BCUT2D eigenvalue weighted by molar-refractivity contribution is 7.98. The Kier molecular flexibility index (Phi) is 8.19. The molecule has 0 aliphatic heterocycles. The number of carbonyl (C=O) groups is 1. The van der Waals surface area contributed by atoms with E-state index in [4.69, 9.17) is 21.1 Å². The van der Waals surface area contributed by atoms with Crippen LogP contribution in [-0.4, -0.2) is 46.3 Å². The number of hydrogen-bond acceptors (Lipinski definition) is 9. The fraction of sp³-hybridized carbons (Fsp3) is 0.429. The minimum Gasteiger partial charge on any atom is -0.473 e. The highest BCUT2D eigenvalue weighted by Crippen LogP contribution is 2.34. The Morgan fingerprint density at radius 3 is 2.76 bits per heavy atom. The lowest BCUT2D eigenvalue weighted by atomic mass is 10.2. The molecule has 0 saturated heterocycles. The molecule has 0 bridgehead atoms. The quantitative estimate of drug-likeness (QED) is 0.301. The fourth-order valence-electron chi connectivity index (χ4n) is 2.67. The molecule has 178 valence electrons. The number of anilines is 1. The second kappa shape index (κ2) is 10.7. The lowest BCUT2D eigenvalue weighted by Crippen LogP contribution is -2.38. The summed E-state index contributed by atoms with van der Waals surface area (Å²) in [5, 5.41) is 6.96. The number of hydrogen-bond donors (Lipinski definition) is 2. The highest BCUT2D eigenvalue weighted by atomic mass is 35.5. The Bertz CT molecular complexity index is 1140. The Morgan fingerprint density at radius 1 is 1.30 bits per heavy atom. The third-order valence-electron chi connectivity index (χ3n) is 4.11. The maximum Gasteiger partial charge on any atom is 0.407 e. The number of rotatable bonds is 8. The molecule has 2 heterocycles. The van der Waals surface area contributed by atoms with Crippen LogP contribution in [0.4, 0.5) is 15.0 Å². The normalized spacial score (nSPS) is 12.5. The van der Waals surface area contributed by atoms with Gasteiger partial charge in [-0.2, -0.15) is 4.98 Å². The van der Waals surface area contributed by atoms with Gasteiger partial charge in [-0.1, -0.05) is 46.8 Å². The molecule has 33 heavy (non-hydrogen) atoms. The van der Waals surface area contributed by atoms with Crippen LogP contribution < -0.4 is 15.4 Å². The first-order valence-corrected chi connectivity index (χ1v) is 12.3. The van der Waals surface area contributed by atoms with Gasteiger partial charge in [0, 0.05) is 18.3 Å². The molecule has 3 rings (SSSR count). The van der Waals surface area contributed by atoms with Gasteiger partial charge in [-0.3, -0.25) is 0 Å². The van der Waals surface area contributed by atoms with E-state index in [0.29, 0.717) is 44.4 Å². The molecule has 1 atom stereocenters. The monoisotopic (exact) mass is 513 g/mol. The summed E-state index contributed by atoms with van der Waals surface area (Å²) in [6, 6.07) is 4.70. The van der Waals surface area contributed by atoms with Crippen LogP contribution in [0.25, 0.3) is 10.3 Å². The van der Waals surface area contributed by atoms with Crippen molar-refractivity contribution in [3.05, 3.63) is 34.6 Å². The average Bonchev–Trinajstić information content (AvgIpc) is 3.16. The predicted octanol–water partition coefficient (Wildman–Crippen LogP) is 5.50. The number of thiazole rings is 1. The zero-order valence-electron chi connectivity index (χ0n) is 18.9. The number of amides is 1. The molecule has 1 amide bonds. The van der Waals surface area contributed by atoms with Gasteiger partial charge in [-0.05, 0) is 39.3 Å². The summed E-state index contributed by atoms with van der Waals surface area (Å²) in [6.45, 7) is 7.62. The van der Waals surface area contributed by atoms with E-state index in [-0.39, 0.29) is 11.1 Å². The zero-order chi connectivity index (χ0) is 24.2. The van der Waals surface area contributed by atoms with E-state index in [0.717, 1.165) is 0 Å². The number of aromatic nitrogens is 3. The van der Waals surface area contributed by atoms with Gasteiger partial charge >= 0.3 is 6.09 Å². The summed E-state index contributed by atoms with van der Waals surface area (Å²) in [4.78, 5) is 25.4. The summed E-state index contributed by atoms with van der Waals surface area (Å²) < 4.78 is 25.5. The molecule has 0 spiro atoms. The molecule has 2 aromatic heterocycles. The predicted molar refractivity (Wildman–Crippen MR) is 130 cm³/mol. The second-order valence-corrected chi connectivity index (χ2v) is 10.4. The van der Waals surface area contributed by atoms with Gasteiger partial charge in [0.15, 0.2) is 16.6 Å². The van der Waals surface area contributed by atoms with Gasteiger partial charge < -0.3 is 20.1 Å². The van der Waals surface area contributed by atoms with Crippen LogP contribution in [0.3, 0.4) is 0 Å². The van der Waals surface area contributed by atoms with Crippen LogP contribution >= 0.6 is 34.7 Å². The Balaban J connectivity index is 1.76. The Morgan fingerprint density at radius 2 is 2.06 bits per heavy atom. The van der Waals surface area contributed by atoms with E-state index < -0.39 is 17.5 Å². The smallest absolute Gasteiger partial charge is 0.407 e. The van der Waals surface area contributed by atoms with Crippen molar-refractivity contribution in [1.82, 2.24) is 20.3 Å². The minimum atomic E-state index is -0.576. The first-order valence-electron chi connectivity index (χ1n) is 10.1. The lowest BCUT2D eigenvalue weighted by molar-refractivity contribution is 0.0526. The summed E-state index contributed by atoms with van der Waals surface area (Å²) in [6.07, 6.45) is -0.497. The zero-order valence-corrected chi connectivity index (χ0v) is 21.3. The molecule has 0 unspecified atom stereocenters. The Labute approximate surface area is 204 Å². The molecular formula is C21H25ClFN5O3S2. The minimum absolute atomic E-state index is 0.0716. The number of benzene rings is 1. The molecule has 0 radical (unpaired) electrons. The van der Waals surface area contributed by atoms with Crippen molar-refractivity contribution in [1.29, 1.82) is 0 Å². The maximum absolute atomic E-state index is 14.2. The van der Waals surface area contributed by atoms with Gasteiger partial charge in [0.1, 0.15) is 16.1 Å². The molecule has 0 fully saturated rings. The fourth-order valence-corrected chi connectivity index (χ4v) is 4.45.